The Bertz CT molecular complexity index is 470. The summed E-state index contributed by atoms with van der Waals surface area (Å²) in [7, 11) is -4.55. The first-order chi connectivity index (χ1) is 13.6. The van der Waals surface area contributed by atoms with Gasteiger partial charge in [0, 0.05) is 17.4 Å². The Morgan fingerprint density at radius 1 is 0.862 bits per heavy atom. The number of aliphatic hydroxyl groups is 1. The Morgan fingerprint density at radius 3 is 1.69 bits per heavy atom. The van der Waals surface area contributed by atoms with Crippen molar-refractivity contribution in [3.05, 3.63) is 0 Å². The second-order valence-electron chi connectivity index (χ2n) is 8.55. The SMILES string of the molecule is CCCC(OC(CCC)C(CC)(CC)C(C)CO)C(CC)(CC)COP(=O)(O)O. The monoisotopic (exact) mass is 438 g/mol. The molecule has 6 nitrogen and oxygen atoms in total. The average Bonchev–Trinajstić information content (AvgIpc) is 2.69. The molecule has 3 unspecified atom stereocenters. The number of hydrogen-bond donors (Lipinski definition) is 3. The van der Waals surface area contributed by atoms with Gasteiger partial charge in [0.2, 0.25) is 0 Å². The van der Waals surface area contributed by atoms with Crippen LogP contribution in [0.15, 0.2) is 0 Å². The maximum Gasteiger partial charge on any atom is 0.469 e. The molecule has 3 atom stereocenters. The van der Waals surface area contributed by atoms with E-state index < -0.39 is 13.2 Å². The number of aliphatic hydroxyl groups excluding tert-OH is 1. The van der Waals surface area contributed by atoms with E-state index >= 15 is 0 Å². The lowest BCUT2D eigenvalue weighted by Crippen LogP contribution is -2.49. The van der Waals surface area contributed by atoms with E-state index in [9.17, 15) is 19.5 Å². The number of phosphoric acid groups is 1. The molecule has 3 N–H and O–H groups in total. The van der Waals surface area contributed by atoms with E-state index in [-0.39, 0.29) is 36.8 Å². The molecule has 0 aromatic carbocycles. The van der Waals surface area contributed by atoms with E-state index in [0.717, 1.165) is 38.5 Å². The fourth-order valence-corrected chi connectivity index (χ4v) is 5.27. The van der Waals surface area contributed by atoms with Gasteiger partial charge in [-0.3, -0.25) is 4.52 Å². The van der Waals surface area contributed by atoms with Crippen LogP contribution in [-0.2, 0) is 13.8 Å². The second kappa shape index (κ2) is 13.4. The maximum atomic E-state index is 11.4. The largest absolute Gasteiger partial charge is 0.469 e. The summed E-state index contributed by atoms with van der Waals surface area (Å²) in [5.74, 6) is 0.111. The summed E-state index contributed by atoms with van der Waals surface area (Å²) < 4.78 is 23.3. The molecule has 0 aromatic heterocycles. The van der Waals surface area contributed by atoms with E-state index in [1.54, 1.807) is 0 Å². The van der Waals surface area contributed by atoms with Gasteiger partial charge in [0.15, 0.2) is 0 Å². The van der Waals surface area contributed by atoms with Crippen LogP contribution in [0.2, 0.25) is 0 Å². The van der Waals surface area contributed by atoms with E-state index in [1.165, 1.54) is 0 Å². The molecule has 29 heavy (non-hydrogen) atoms. The minimum Gasteiger partial charge on any atom is -0.396 e. The minimum atomic E-state index is -4.55. The fraction of sp³-hybridized carbons (Fsp3) is 1.00. The molecule has 0 amide bonds. The van der Waals surface area contributed by atoms with Gasteiger partial charge in [0.05, 0.1) is 18.8 Å². The van der Waals surface area contributed by atoms with Crippen LogP contribution in [0.3, 0.4) is 0 Å². The normalized spacial score (nSPS) is 16.6. The van der Waals surface area contributed by atoms with Gasteiger partial charge in [-0.15, -0.1) is 0 Å². The molecule has 0 fully saturated rings. The topological polar surface area (TPSA) is 96.2 Å². The third-order valence-corrected chi connectivity index (χ3v) is 7.72. The Morgan fingerprint density at radius 2 is 1.34 bits per heavy atom. The molecule has 0 rings (SSSR count). The lowest BCUT2D eigenvalue weighted by molar-refractivity contribution is -0.165. The van der Waals surface area contributed by atoms with Gasteiger partial charge in [0.25, 0.3) is 0 Å². The Hall–Kier alpha value is 0.0300. The summed E-state index contributed by atoms with van der Waals surface area (Å²) in [6, 6.07) is 0. The molecule has 0 aliphatic carbocycles. The van der Waals surface area contributed by atoms with Gasteiger partial charge in [-0.1, -0.05) is 61.3 Å². The minimum absolute atomic E-state index is 0.0193. The van der Waals surface area contributed by atoms with Crippen LogP contribution in [0.5, 0.6) is 0 Å². The van der Waals surface area contributed by atoms with Crippen molar-refractivity contribution in [1.82, 2.24) is 0 Å². The van der Waals surface area contributed by atoms with Gasteiger partial charge in [-0.2, -0.15) is 0 Å². The summed E-state index contributed by atoms with van der Waals surface area (Å²) in [6.45, 7) is 14.9. The first kappa shape index (κ1) is 29.0. The predicted molar refractivity (Wildman–Crippen MR) is 119 cm³/mol. The molecule has 0 heterocycles. The van der Waals surface area contributed by atoms with E-state index in [0.29, 0.717) is 12.8 Å². The average molecular weight is 439 g/mol. The summed E-state index contributed by atoms with van der Waals surface area (Å²) in [5, 5.41) is 9.95. The zero-order valence-electron chi connectivity index (χ0n) is 19.8. The Kier molecular flexibility index (Phi) is 13.5. The third kappa shape index (κ3) is 7.90. The molecular weight excluding hydrogens is 391 g/mol. The van der Waals surface area contributed by atoms with Crippen LogP contribution < -0.4 is 0 Å². The van der Waals surface area contributed by atoms with Crippen molar-refractivity contribution >= 4 is 7.82 Å². The number of ether oxygens (including phenoxy) is 1. The highest BCUT2D eigenvalue weighted by Crippen LogP contribution is 2.47. The Balaban J connectivity index is 6.04. The van der Waals surface area contributed by atoms with Crippen LogP contribution in [0.1, 0.15) is 99.8 Å². The molecular formula is C22H47O6P. The first-order valence-corrected chi connectivity index (χ1v) is 13.1. The number of hydrogen-bond acceptors (Lipinski definition) is 4. The summed E-state index contributed by atoms with van der Waals surface area (Å²) in [5.41, 5.74) is -0.590. The van der Waals surface area contributed by atoms with Crippen LogP contribution in [0.25, 0.3) is 0 Å². The van der Waals surface area contributed by atoms with Crippen LogP contribution in [0.4, 0.5) is 0 Å². The van der Waals surface area contributed by atoms with E-state index in [4.69, 9.17) is 9.26 Å². The molecule has 0 aliphatic rings. The van der Waals surface area contributed by atoms with Gasteiger partial charge in [0.1, 0.15) is 0 Å². The van der Waals surface area contributed by atoms with Gasteiger partial charge >= 0.3 is 7.82 Å². The van der Waals surface area contributed by atoms with Crippen LogP contribution in [0, 0.1) is 16.7 Å². The highest BCUT2D eigenvalue weighted by molar-refractivity contribution is 7.46. The molecule has 0 aromatic rings. The zero-order chi connectivity index (χ0) is 22.7. The Labute approximate surface area is 179 Å². The highest BCUT2D eigenvalue weighted by atomic mass is 31.2. The number of rotatable bonds is 17. The van der Waals surface area contributed by atoms with Crippen molar-refractivity contribution in [1.29, 1.82) is 0 Å². The van der Waals surface area contributed by atoms with Crippen molar-refractivity contribution in [2.24, 2.45) is 16.7 Å². The van der Waals surface area contributed by atoms with Crippen molar-refractivity contribution in [2.45, 2.75) is 112 Å². The van der Waals surface area contributed by atoms with Crippen molar-refractivity contribution in [3.8, 4) is 0 Å². The zero-order valence-corrected chi connectivity index (χ0v) is 20.7. The predicted octanol–water partition coefficient (Wildman–Crippen LogP) is 5.69. The van der Waals surface area contributed by atoms with Crippen molar-refractivity contribution in [2.75, 3.05) is 13.2 Å². The maximum absolute atomic E-state index is 11.4. The lowest BCUT2D eigenvalue weighted by Gasteiger charge is -2.48. The first-order valence-electron chi connectivity index (χ1n) is 11.5. The highest BCUT2D eigenvalue weighted by Gasteiger charge is 2.45. The lowest BCUT2D eigenvalue weighted by atomic mass is 9.66. The summed E-state index contributed by atoms with van der Waals surface area (Å²) in [4.78, 5) is 18.6. The van der Waals surface area contributed by atoms with Gasteiger partial charge in [-0.05, 0) is 44.4 Å². The van der Waals surface area contributed by atoms with Gasteiger partial charge in [-0.25, -0.2) is 4.57 Å². The molecule has 0 radical (unpaired) electrons. The molecule has 0 saturated carbocycles. The smallest absolute Gasteiger partial charge is 0.396 e. The van der Waals surface area contributed by atoms with Gasteiger partial charge < -0.3 is 19.6 Å². The van der Waals surface area contributed by atoms with E-state index in [1.807, 2.05) is 13.8 Å². The standard InChI is InChI=1S/C22H47O6P/c1-8-14-19(21(10-3,11-4)17-27-29(24,25)26)28-20(15-9-2)22(12-5,13-6)18(7)16-23/h18-20,23H,8-17H2,1-7H3,(H2,24,25,26). The summed E-state index contributed by atoms with van der Waals surface area (Å²) >= 11 is 0. The van der Waals surface area contributed by atoms with Crippen LogP contribution >= 0.6 is 7.82 Å². The van der Waals surface area contributed by atoms with Crippen LogP contribution in [-0.4, -0.2) is 40.3 Å². The quantitative estimate of drug-likeness (QED) is 0.252. The second-order valence-corrected chi connectivity index (χ2v) is 9.79. The molecule has 176 valence electrons. The van der Waals surface area contributed by atoms with Crippen molar-refractivity contribution < 1.29 is 28.7 Å². The fourth-order valence-electron chi connectivity index (χ4n) is 4.85. The molecule has 0 bridgehead atoms. The van der Waals surface area contributed by atoms with E-state index in [2.05, 4.69) is 34.6 Å². The molecule has 7 heteroatoms. The summed E-state index contributed by atoms with van der Waals surface area (Å²) in [6.07, 6.45) is 6.69. The number of phosphoric ester groups is 1. The van der Waals surface area contributed by atoms with Crippen molar-refractivity contribution in [3.63, 3.8) is 0 Å². The third-order valence-electron chi connectivity index (χ3n) is 7.25. The molecule has 0 spiro atoms. The molecule has 0 saturated heterocycles. The molecule has 0 aliphatic heterocycles.